The van der Waals surface area contributed by atoms with E-state index in [1.165, 1.54) is 6.07 Å². The monoisotopic (exact) mass is 426 g/mol. The number of hydrogen-bond acceptors (Lipinski definition) is 5. The Labute approximate surface area is 182 Å². The molecule has 0 aliphatic rings. The van der Waals surface area contributed by atoms with E-state index in [2.05, 4.69) is 15.6 Å². The van der Waals surface area contributed by atoms with Crippen molar-refractivity contribution in [3.8, 4) is 6.07 Å². The minimum absolute atomic E-state index is 0.241. The van der Waals surface area contributed by atoms with Crippen LogP contribution < -0.4 is 22.1 Å². The van der Waals surface area contributed by atoms with Gasteiger partial charge in [-0.15, -0.1) is 0 Å². The van der Waals surface area contributed by atoms with Crippen LogP contribution in [0.2, 0.25) is 5.02 Å². The van der Waals surface area contributed by atoms with Crippen LogP contribution in [-0.2, 0) is 0 Å². The van der Waals surface area contributed by atoms with E-state index in [0.717, 1.165) is 5.56 Å². The normalized spacial score (nSPS) is 13.8. The number of halogens is 1. The third-order valence-corrected chi connectivity index (χ3v) is 4.32. The van der Waals surface area contributed by atoms with Crippen LogP contribution in [0.4, 0.5) is 0 Å². The molecular weight excluding hydrogens is 400 g/mol. The summed E-state index contributed by atoms with van der Waals surface area (Å²) in [6.07, 6.45) is -0.275. The van der Waals surface area contributed by atoms with Crippen molar-refractivity contribution in [2.45, 2.75) is 44.9 Å². The molecular formula is C22H27ClN6O. The second-order valence-corrected chi connectivity index (χ2v) is 8.40. The lowest BCUT2D eigenvalue weighted by atomic mass is 10.0. The molecule has 0 aromatic heterocycles. The second kappa shape index (κ2) is 10.2. The number of aliphatic imine (C=N–C) groups is 1. The quantitative estimate of drug-likeness (QED) is 0.431. The molecule has 0 spiro atoms. The summed E-state index contributed by atoms with van der Waals surface area (Å²) >= 11 is 5.92. The van der Waals surface area contributed by atoms with Crippen molar-refractivity contribution < 1.29 is 4.79 Å². The molecule has 0 heterocycles. The van der Waals surface area contributed by atoms with Gasteiger partial charge in [0, 0.05) is 28.6 Å². The summed E-state index contributed by atoms with van der Waals surface area (Å²) < 4.78 is 0. The highest BCUT2D eigenvalue weighted by atomic mass is 35.5. The first kappa shape index (κ1) is 23.4. The molecule has 0 aliphatic carbocycles. The summed E-state index contributed by atoms with van der Waals surface area (Å²) in [6.45, 7) is 5.82. The molecule has 7 nitrogen and oxygen atoms in total. The van der Waals surface area contributed by atoms with E-state index in [1.807, 2.05) is 39.0 Å². The zero-order chi connectivity index (χ0) is 22.3. The average Bonchev–Trinajstić information content (AvgIpc) is 2.67. The first-order chi connectivity index (χ1) is 14.1. The highest BCUT2D eigenvalue weighted by Gasteiger charge is 2.18. The smallest absolute Gasteiger partial charge is 0.257 e. The van der Waals surface area contributed by atoms with E-state index in [0.29, 0.717) is 22.6 Å². The van der Waals surface area contributed by atoms with Gasteiger partial charge in [-0.25, -0.2) is 4.99 Å². The summed E-state index contributed by atoms with van der Waals surface area (Å²) in [6, 6.07) is 15.3. The van der Waals surface area contributed by atoms with Gasteiger partial charge in [0.25, 0.3) is 5.91 Å². The van der Waals surface area contributed by atoms with Crippen LogP contribution in [0.1, 0.15) is 54.7 Å². The lowest BCUT2D eigenvalue weighted by Gasteiger charge is -2.25. The standard InChI is InChI=1S/C22H27ClN6O/c1-22(2,3)29-21(28-20(30)16-6-4-5-14(11-16)13-24)27-19(26)12-18(25)15-7-9-17(23)10-8-15/h4-11,18-19H,12,25-26H2,1-3H3,(H2,27,28,29,30). The lowest BCUT2D eigenvalue weighted by molar-refractivity contribution is 0.0975. The molecule has 0 saturated carbocycles. The van der Waals surface area contributed by atoms with Crippen LogP contribution in [0, 0.1) is 11.3 Å². The lowest BCUT2D eigenvalue weighted by Crippen LogP contribution is -2.50. The number of carbonyl (C=O) groups excluding carboxylic acids is 1. The number of benzene rings is 2. The summed E-state index contributed by atoms with van der Waals surface area (Å²) in [4.78, 5) is 17.1. The predicted molar refractivity (Wildman–Crippen MR) is 120 cm³/mol. The van der Waals surface area contributed by atoms with Crippen molar-refractivity contribution in [2.75, 3.05) is 0 Å². The Morgan fingerprint density at radius 3 is 2.47 bits per heavy atom. The number of amides is 1. The van der Waals surface area contributed by atoms with E-state index in [4.69, 9.17) is 28.3 Å². The van der Waals surface area contributed by atoms with Crippen molar-refractivity contribution in [1.82, 2.24) is 10.6 Å². The number of carbonyl (C=O) groups is 1. The van der Waals surface area contributed by atoms with E-state index < -0.39 is 12.1 Å². The molecule has 2 unspecified atom stereocenters. The van der Waals surface area contributed by atoms with Gasteiger partial charge in [0.15, 0.2) is 5.96 Å². The molecule has 0 fully saturated rings. The van der Waals surface area contributed by atoms with Crippen molar-refractivity contribution in [3.63, 3.8) is 0 Å². The molecule has 0 bridgehead atoms. The van der Waals surface area contributed by atoms with Crippen LogP contribution in [-0.4, -0.2) is 23.6 Å². The molecule has 0 aliphatic heterocycles. The third kappa shape index (κ3) is 7.48. The van der Waals surface area contributed by atoms with E-state index in [-0.39, 0.29) is 17.5 Å². The molecule has 0 radical (unpaired) electrons. The van der Waals surface area contributed by atoms with Gasteiger partial charge in [0.05, 0.1) is 11.6 Å². The Morgan fingerprint density at radius 1 is 1.20 bits per heavy atom. The number of guanidine groups is 1. The van der Waals surface area contributed by atoms with Crippen LogP contribution in [0.15, 0.2) is 53.5 Å². The average molecular weight is 427 g/mol. The molecule has 2 atom stereocenters. The molecule has 1 amide bonds. The van der Waals surface area contributed by atoms with Crippen LogP contribution in [0.25, 0.3) is 0 Å². The zero-order valence-electron chi connectivity index (χ0n) is 17.3. The fourth-order valence-electron chi connectivity index (χ4n) is 2.69. The molecule has 2 aromatic rings. The molecule has 158 valence electrons. The maximum absolute atomic E-state index is 12.6. The van der Waals surface area contributed by atoms with E-state index >= 15 is 0 Å². The van der Waals surface area contributed by atoms with Gasteiger partial charge in [-0.05, 0) is 56.7 Å². The summed E-state index contributed by atoms with van der Waals surface area (Å²) in [7, 11) is 0. The van der Waals surface area contributed by atoms with E-state index in [1.54, 1.807) is 30.3 Å². The predicted octanol–water partition coefficient (Wildman–Crippen LogP) is 3.06. The van der Waals surface area contributed by atoms with Gasteiger partial charge in [-0.1, -0.05) is 29.8 Å². The fourth-order valence-corrected chi connectivity index (χ4v) is 2.81. The number of hydrogen-bond donors (Lipinski definition) is 4. The highest BCUT2D eigenvalue weighted by Crippen LogP contribution is 2.18. The molecule has 30 heavy (non-hydrogen) atoms. The van der Waals surface area contributed by atoms with Crippen LogP contribution in [0.5, 0.6) is 0 Å². The SMILES string of the molecule is CC(C)(C)NC(=NC(N)CC(N)c1ccc(Cl)cc1)NC(=O)c1cccc(C#N)c1. The zero-order valence-corrected chi connectivity index (χ0v) is 18.1. The van der Waals surface area contributed by atoms with Crippen molar-refractivity contribution >= 4 is 23.5 Å². The first-order valence-electron chi connectivity index (χ1n) is 9.51. The topological polar surface area (TPSA) is 129 Å². The minimum atomic E-state index is -0.647. The van der Waals surface area contributed by atoms with Crippen LogP contribution >= 0.6 is 11.6 Å². The van der Waals surface area contributed by atoms with Gasteiger partial charge in [-0.3, -0.25) is 10.1 Å². The van der Waals surface area contributed by atoms with Crippen molar-refractivity contribution in [2.24, 2.45) is 16.5 Å². The van der Waals surface area contributed by atoms with E-state index in [9.17, 15) is 4.79 Å². The summed E-state index contributed by atoms with van der Waals surface area (Å²) in [5.41, 5.74) is 13.7. The number of nitrogens with two attached hydrogens (primary N) is 2. The Kier molecular flexibility index (Phi) is 7.95. The van der Waals surface area contributed by atoms with Gasteiger partial charge in [0.2, 0.25) is 0 Å². The molecule has 2 rings (SSSR count). The molecule has 0 saturated heterocycles. The first-order valence-corrected chi connectivity index (χ1v) is 9.89. The Morgan fingerprint density at radius 2 is 1.87 bits per heavy atom. The summed E-state index contributed by atoms with van der Waals surface area (Å²) in [5, 5.41) is 15.6. The fraction of sp³-hybridized carbons (Fsp3) is 0.318. The Balaban J connectivity index is 2.15. The number of nitrogens with one attached hydrogen (secondary N) is 2. The second-order valence-electron chi connectivity index (χ2n) is 7.96. The molecule has 2 aromatic carbocycles. The maximum Gasteiger partial charge on any atom is 0.257 e. The van der Waals surface area contributed by atoms with Crippen molar-refractivity contribution in [1.29, 1.82) is 5.26 Å². The van der Waals surface area contributed by atoms with Gasteiger partial charge >= 0.3 is 0 Å². The number of nitrogens with zero attached hydrogens (tertiary/aromatic N) is 2. The summed E-state index contributed by atoms with van der Waals surface area (Å²) in [5.74, 6) is -0.150. The van der Waals surface area contributed by atoms with Crippen molar-refractivity contribution in [3.05, 3.63) is 70.2 Å². The minimum Gasteiger partial charge on any atom is -0.351 e. The Bertz CT molecular complexity index is 943. The molecule has 6 N–H and O–H groups in total. The number of rotatable bonds is 5. The Hall–Kier alpha value is -2.92. The maximum atomic E-state index is 12.6. The third-order valence-electron chi connectivity index (χ3n) is 4.07. The largest absolute Gasteiger partial charge is 0.351 e. The van der Waals surface area contributed by atoms with Gasteiger partial charge in [0.1, 0.15) is 6.17 Å². The van der Waals surface area contributed by atoms with Gasteiger partial charge < -0.3 is 16.8 Å². The molecule has 8 heteroatoms. The van der Waals surface area contributed by atoms with Crippen LogP contribution in [0.3, 0.4) is 0 Å². The van der Waals surface area contributed by atoms with Gasteiger partial charge in [-0.2, -0.15) is 5.26 Å². The highest BCUT2D eigenvalue weighted by molar-refractivity contribution is 6.30. The number of nitriles is 1.